The molecule has 290 valence electrons. The van der Waals surface area contributed by atoms with Gasteiger partial charge in [-0.05, 0) is 79.9 Å². The Morgan fingerprint density at radius 2 is 0.758 bits per heavy atom. The van der Waals surface area contributed by atoms with Crippen molar-refractivity contribution in [2.45, 2.75) is 5.41 Å². The molecule has 1 aliphatic carbocycles. The lowest BCUT2D eigenvalue weighted by Gasteiger charge is -2.34. The number of furan rings is 1. The number of fused-ring (bicyclic) bond motifs is 6. The predicted molar refractivity (Wildman–Crippen MR) is 252 cm³/mol. The van der Waals surface area contributed by atoms with Gasteiger partial charge in [0.15, 0.2) is 17.5 Å². The van der Waals surface area contributed by atoms with Crippen molar-refractivity contribution in [2.24, 2.45) is 0 Å². The highest BCUT2D eigenvalue weighted by molar-refractivity contribution is 6.13. The van der Waals surface area contributed by atoms with Gasteiger partial charge < -0.3 is 4.42 Å². The number of hydrogen-bond donors (Lipinski definition) is 0. The first-order valence-corrected chi connectivity index (χ1v) is 21.0. The maximum atomic E-state index is 6.47. The largest absolute Gasteiger partial charge is 0.456 e. The molecule has 4 nitrogen and oxygen atoms in total. The van der Waals surface area contributed by atoms with E-state index in [4.69, 9.17) is 19.4 Å². The van der Waals surface area contributed by atoms with Crippen LogP contribution in [0, 0.1) is 0 Å². The Bertz CT molecular complexity index is 3390. The molecule has 0 N–H and O–H groups in total. The SMILES string of the molecule is c1ccc(-c2ccc(-c3cccc4oc5ccc(-c6nc(-c7ccccc7)nc(-c7ccc(C8(c9ccccc9)c9ccccc9-c9ccccc98)cc7)n6)cc5c34)cc2)cc1. The molecule has 0 amide bonds. The van der Waals surface area contributed by atoms with Gasteiger partial charge in [-0.1, -0.05) is 200 Å². The zero-order valence-electron chi connectivity index (χ0n) is 33.6. The minimum atomic E-state index is -0.488. The van der Waals surface area contributed by atoms with Crippen LogP contribution in [0.2, 0.25) is 0 Å². The molecule has 0 aliphatic heterocycles. The maximum absolute atomic E-state index is 6.47. The maximum Gasteiger partial charge on any atom is 0.164 e. The smallest absolute Gasteiger partial charge is 0.164 e. The highest BCUT2D eigenvalue weighted by Gasteiger charge is 2.45. The molecule has 0 radical (unpaired) electrons. The van der Waals surface area contributed by atoms with E-state index in [0.29, 0.717) is 17.5 Å². The summed E-state index contributed by atoms with van der Waals surface area (Å²) >= 11 is 0. The monoisotopic (exact) mass is 791 g/mol. The van der Waals surface area contributed by atoms with Gasteiger partial charge in [-0.3, -0.25) is 0 Å². The molecule has 0 spiro atoms. The van der Waals surface area contributed by atoms with Gasteiger partial charge in [0.1, 0.15) is 11.2 Å². The van der Waals surface area contributed by atoms with E-state index in [1.165, 1.54) is 44.5 Å². The Kier molecular flexibility index (Phi) is 8.36. The van der Waals surface area contributed by atoms with E-state index in [2.05, 4.69) is 176 Å². The van der Waals surface area contributed by atoms with Crippen molar-refractivity contribution in [1.29, 1.82) is 0 Å². The van der Waals surface area contributed by atoms with Crippen LogP contribution in [0.1, 0.15) is 22.3 Å². The summed E-state index contributed by atoms with van der Waals surface area (Å²) in [6.07, 6.45) is 0. The molecule has 11 aromatic rings. The average Bonchev–Trinajstić information content (AvgIpc) is 3.89. The fraction of sp³-hybridized carbons (Fsp3) is 0.0172. The molecule has 0 fully saturated rings. The summed E-state index contributed by atoms with van der Waals surface area (Å²) in [7, 11) is 0. The van der Waals surface area contributed by atoms with E-state index in [-0.39, 0.29) is 0 Å². The van der Waals surface area contributed by atoms with Crippen molar-refractivity contribution in [3.8, 4) is 67.5 Å². The Hall–Kier alpha value is -8.21. The molecule has 2 heterocycles. The van der Waals surface area contributed by atoms with E-state index in [1.54, 1.807) is 0 Å². The summed E-state index contributed by atoms with van der Waals surface area (Å²) in [6.45, 7) is 0. The van der Waals surface area contributed by atoms with Crippen molar-refractivity contribution in [3.63, 3.8) is 0 Å². The number of benzene rings is 9. The Balaban J connectivity index is 0.987. The third-order valence-corrected chi connectivity index (χ3v) is 12.5. The third-order valence-electron chi connectivity index (χ3n) is 12.5. The summed E-state index contributed by atoms with van der Waals surface area (Å²) in [5.41, 5.74) is 16.0. The molecule has 1 aliphatic rings. The molecule has 0 atom stereocenters. The minimum absolute atomic E-state index is 0.488. The van der Waals surface area contributed by atoms with Crippen molar-refractivity contribution < 1.29 is 4.42 Å². The first kappa shape index (κ1) is 35.7. The molecule has 62 heavy (non-hydrogen) atoms. The standard InChI is InChI=1S/C58H37N3O/c1-4-15-38(16-5-1)39-27-29-40(30-28-39)46-23-14-26-53-54(46)49-37-43(33-36-52(49)62-53)57-60-55(41-17-6-2-7-18-41)59-56(61-57)42-31-34-45(35-32-42)58(44-19-8-3-9-20-44)50-24-12-10-21-47(50)48-22-11-13-25-51(48)58/h1-37H. The molecular weight excluding hydrogens is 755 g/mol. The summed E-state index contributed by atoms with van der Waals surface area (Å²) in [5.74, 6) is 1.82. The van der Waals surface area contributed by atoms with Gasteiger partial charge in [0.25, 0.3) is 0 Å². The topological polar surface area (TPSA) is 51.8 Å². The quantitative estimate of drug-likeness (QED) is 0.161. The fourth-order valence-electron chi connectivity index (χ4n) is 9.61. The van der Waals surface area contributed by atoms with Crippen LogP contribution in [-0.2, 0) is 5.41 Å². The lowest BCUT2D eigenvalue weighted by atomic mass is 9.67. The number of hydrogen-bond acceptors (Lipinski definition) is 4. The van der Waals surface area contributed by atoms with Gasteiger partial charge >= 0.3 is 0 Å². The van der Waals surface area contributed by atoms with Crippen molar-refractivity contribution in [1.82, 2.24) is 15.0 Å². The van der Waals surface area contributed by atoms with Crippen LogP contribution < -0.4 is 0 Å². The summed E-state index contributed by atoms with van der Waals surface area (Å²) in [4.78, 5) is 15.4. The highest BCUT2D eigenvalue weighted by atomic mass is 16.3. The lowest BCUT2D eigenvalue weighted by Crippen LogP contribution is -2.28. The van der Waals surface area contributed by atoms with Crippen LogP contribution in [0.15, 0.2) is 229 Å². The van der Waals surface area contributed by atoms with Crippen LogP contribution >= 0.6 is 0 Å². The first-order valence-electron chi connectivity index (χ1n) is 21.0. The second kappa shape index (κ2) is 14.5. The van der Waals surface area contributed by atoms with E-state index < -0.39 is 5.41 Å². The Morgan fingerprint density at radius 3 is 1.40 bits per heavy atom. The molecule has 0 saturated heterocycles. The van der Waals surface area contributed by atoms with Crippen LogP contribution in [0.3, 0.4) is 0 Å². The Morgan fingerprint density at radius 1 is 0.306 bits per heavy atom. The van der Waals surface area contributed by atoms with Crippen LogP contribution in [0.4, 0.5) is 0 Å². The van der Waals surface area contributed by atoms with E-state index in [1.807, 2.05) is 48.5 Å². The lowest BCUT2D eigenvalue weighted by molar-refractivity contribution is 0.669. The average molecular weight is 792 g/mol. The third kappa shape index (κ3) is 5.72. The van der Waals surface area contributed by atoms with Crippen molar-refractivity contribution in [2.75, 3.05) is 0 Å². The van der Waals surface area contributed by atoms with E-state index >= 15 is 0 Å². The molecular formula is C58H37N3O. The number of aromatic nitrogens is 3. The molecule has 0 bridgehead atoms. The van der Waals surface area contributed by atoms with Crippen molar-refractivity contribution in [3.05, 3.63) is 247 Å². The van der Waals surface area contributed by atoms with Crippen LogP contribution in [0.5, 0.6) is 0 Å². The molecule has 12 rings (SSSR count). The second-order valence-corrected chi connectivity index (χ2v) is 15.9. The fourth-order valence-corrected chi connectivity index (χ4v) is 9.61. The summed E-state index contributed by atoms with van der Waals surface area (Å²) < 4.78 is 6.47. The zero-order chi connectivity index (χ0) is 41.0. The highest BCUT2D eigenvalue weighted by Crippen LogP contribution is 2.56. The number of rotatable bonds is 7. The predicted octanol–water partition coefficient (Wildman–Crippen LogP) is 14.5. The van der Waals surface area contributed by atoms with Crippen LogP contribution in [-0.4, -0.2) is 15.0 Å². The summed E-state index contributed by atoms with van der Waals surface area (Å²) in [6, 6.07) is 79.3. The van der Waals surface area contributed by atoms with Crippen molar-refractivity contribution >= 4 is 21.9 Å². The number of nitrogens with zero attached hydrogens (tertiary/aromatic N) is 3. The second-order valence-electron chi connectivity index (χ2n) is 15.9. The van der Waals surface area contributed by atoms with E-state index in [9.17, 15) is 0 Å². The molecule has 4 heteroatoms. The summed E-state index contributed by atoms with van der Waals surface area (Å²) in [5, 5.41) is 2.07. The van der Waals surface area contributed by atoms with Gasteiger partial charge in [0.05, 0.1) is 5.41 Å². The van der Waals surface area contributed by atoms with Gasteiger partial charge in [-0.15, -0.1) is 0 Å². The molecule has 0 unspecified atom stereocenters. The van der Waals surface area contributed by atoms with Gasteiger partial charge in [-0.2, -0.15) is 0 Å². The van der Waals surface area contributed by atoms with Gasteiger partial charge in [-0.25, -0.2) is 15.0 Å². The van der Waals surface area contributed by atoms with Crippen LogP contribution in [0.25, 0.3) is 89.5 Å². The molecule has 9 aromatic carbocycles. The van der Waals surface area contributed by atoms with Gasteiger partial charge in [0.2, 0.25) is 0 Å². The van der Waals surface area contributed by atoms with E-state index in [0.717, 1.165) is 49.8 Å². The molecule has 2 aromatic heterocycles. The zero-order valence-corrected chi connectivity index (χ0v) is 33.6. The first-order chi connectivity index (χ1) is 30.7. The minimum Gasteiger partial charge on any atom is -0.456 e. The Labute approximate surface area is 359 Å². The molecule has 0 saturated carbocycles. The normalized spacial score (nSPS) is 12.6. The van der Waals surface area contributed by atoms with Gasteiger partial charge in [0, 0.05) is 27.5 Å².